The number of likely N-dealkylation sites (tertiary alicyclic amines) is 1. The molecule has 72 valence electrons. The van der Waals surface area contributed by atoms with Crippen molar-refractivity contribution >= 4 is 22.9 Å². The second-order valence-corrected chi connectivity index (χ2v) is 5.03. The molecule has 2 heterocycles. The van der Waals surface area contributed by atoms with Crippen LogP contribution in [0, 0.1) is 0 Å². The maximum Gasteiger partial charge on any atom is 0.0931 e. The Labute approximate surface area is 87.3 Å². The normalized spacial score (nSPS) is 19.8. The molecule has 1 saturated heterocycles. The first kappa shape index (κ1) is 9.46. The lowest BCUT2D eigenvalue weighted by Gasteiger charge is -2.37. The van der Waals surface area contributed by atoms with Crippen LogP contribution in [0.2, 0.25) is 4.34 Å². The summed E-state index contributed by atoms with van der Waals surface area (Å²) >= 11 is 7.53. The first-order chi connectivity index (χ1) is 6.31. The van der Waals surface area contributed by atoms with Crippen LogP contribution in [0.3, 0.4) is 0 Å². The van der Waals surface area contributed by atoms with Gasteiger partial charge in [-0.3, -0.25) is 4.90 Å². The summed E-state index contributed by atoms with van der Waals surface area (Å²) in [4.78, 5) is 3.70. The number of hydrogen-bond acceptors (Lipinski definition) is 3. The molecular weight excluding hydrogens is 204 g/mol. The summed E-state index contributed by atoms with van der Waals surface area (Å²) in [6.07, 6.45) is 1.30. The van der Waals surface area contributed by atoms with Crippen LogP contribution in [0.25, 0.3) is 0 Å². The molecule has 4 heteroatoms. The summed E-state index contributed by atoms with van der Waals surface area (Å²) in [5, 5.41) is 0. The maximum absolute atomic E-state index is 5.89. The van der Waals surface area contributed by atoms with E-state index in [1.807, 2.05) is 6.07 Å². The minimum absolute atomic E-state index is 0.395. The molecule has 1 atom stereocenters. The predicted octanol–water partition coefficient (Wildman–Crippen LogP) is 2.11. The van der Waals surface area contributed by atoms with Crippen molar-refractivity contribution in [2.24, 2.45) is 5.73 Å². The topological polar surface area (TPSA) is 29.3 Å². The van der Waals surface area contributed by atoms with Crippen LogP contribution in [0.4, 0.5) is 0 Å². The van der Waals surface area contributed by atoms with Crippen LogP contribution >= 0.6 is 22.9 Å². The Morgan fingerprint density at radius 2 is 2.31 bits per heavy atom. The van der Waals surface area contributed by atoms with Gasteiger partial charge in [0.2, 0.25) is 0 Å². The number of thiophene rings is 1. The van der Waals surface area contributed by atoms with Gasteiger partial charge in [0.05, 0.1) is 10.4 Å². The van der Waals surface area contributed by atoms with Crippen molar-refractivity contribution in [2.75, 3.05) is 19.6 Å². The Morgan fingerprint density at radius 1 is 1.54 bits per heavy atom. The largest absolute Gasteiger partial charge is 0.329 e. The Balaban J connectivity index is 2.11. The molecule has 2 rings (SSSR count). The van der Waals surface area contributed by atoms with E-state index in [1.54, 1.807) is 11.3 Å². The van der Waals surface area contributed by atoms with Crippen LogP contribution in [0.5, 0.6) is 0 Å². The average Bonchev–Trinajstić information content (AvgIpc) is 2.43. The van der Waals surface area contributed by atoms with E-state index in [0.717, 1.165) is 4.34 Å². The van der Waals surface area contributed by atoms with Crippen molar-refractivity contribution in [1.82, 2.24) is 4.90 Å². The van der Waals surface area contributed by atoms with Crippen molar-refractivity contribution in [2.45, 2.75) is 12.5 Å². The van der Waals surface area contributed by atoms with Gasteiger partial charge in [0, 0.05) is 24.5 Å². The van der Waals surface area contributed by atoms with Crippen LogP contribution < -0.4 is 5.73 Å². The highest BCUT2D eigenvalue weighted by molar-refractivity contribution is 7.16. The number of nitrogens with zero attached hydrogens (tertiary/aromatic N) is 1. The van der Waals surface area contributed by atoms with Crippen LogP contribution in [0.15, 0.2) is 12.1 Å². The molecule has 1 aromatic rings. The van der Waals surface area contributed by atoms with Crippen molar-refractivity contribution in [3.63, 3.8) is 0 Å². The lowest BCUT2D eigenvalue weighted by molar-refractivity contribution is 0.124. The highest BCUT2D eigenvalue weighted by Crippen LogP contribution is 2.32. The van der Waals surface area contributed by atoms with E-state index in [0.29, 0.717) is 12.6 Å². The monoisotopic (exact) mass is 216 g/mol. The lowest BCUT2D eigenvalue weighted by Crippen LogP contribution is -2.42. The second-order valence-electron chi connectivity index (χ2n) is 3.28. The van der Waals surface area contributed by atoms with Gasteiger partial charge in [0.25, 0.3) is 0 Å². The molecule has 0 amide bonds. The molecule has 0 spiro atoms. The molecule has 2 N–H and O–H groups in total. The number of nitrogens with two attached hydrogens (primary N) is 1. The van der Waals surface area contributed by atoms with Gasteiger partial charge in [-0.25, -0.2) is 0 Å². The van der Waals surface area contributed by atoms with Gasteiger partial charge >= 0.3 is 0 Å². The molecule has 1 unspecified atom stereocenters. The second kappa shape index (κ2) is 3.96. The Bertz CT molecular complexity index is 283. The predicted molar refractivity (Wildman–Crippen MR) is 57.3 cm³/mol. The van der Waals surface area contributed by atoms with E-state index >= 15 is 0 Å². The first-order valence-electron chi connectivity index (χ1n) is 4.50. The quantitative estimate of drug-likeness (QED) is 0.839. The van der Waals surface area contributed by atoms with Gasteiger partial charge in [0.15, 0.2) is 0 Å². The third kappa shape index (κ3) is 1.89. The Hall–Kier alpha value is -0.0900. The fraction of sp³-hybridized carbons (Fsp3) is 0.556. The molecule has 2 nitrogen and oxygen atoms in total. The third-order valence-electron chi connectivity index (χ3n) is 2.48. The summed E-state index contributed by atoms with van der Waals surface area (Å²) in [6.45, 7) is 3.05. The molecule has 0 aromatic carbocycles. The van der Waals surface area contributed by atoms with Gasteiger partial charge < -0.3 is 5.73 Å². The summed E-state index contributed by atoms with van der Waals surface area (Å²) < 4.78 is 0.856. The van der Waals surface area contributed by atoms with Crippen molar-refractivity contribution in [1.29, 1.82) is 0 Å². The van der Waals surface area contributed by atoms with Crippen LogP contribution in [-0.4, -0.2) is 24.5 Å². The first-order valence-corrected chi connectivity index (χ1v) is 5.70. The zero-order valence-corrected chi connectivity index (χ0v) is 8.94. The molecule has 1 fully saturated rings. The molecule has 0 saturated carbocycles. The fourth-order valence-corrected chi connectivity index (χ4v) is 2.81. The van der Waals surface area contributed by atoms with E-state index in [9.17, 15) is 0 Å². The highest BCUT2D eigenvalue weighted by atomic mass is 35.5. The SMILES string of the molecule is NCC(c1ccc(Cl)s1)N1CCC1. The van der Waals surface area contributed by atoms with E-state index < -0.39 is 0 Å². The van der Waals surface area contributed by atoms with Gasteiger partial charge in [-0.05, 0) is 18.6 Å². The van der Waals surface area contributed by atoms with Gasteiger partial charge in [-0.2, -0.15) is 0 Å². The summed E-state index contributed by atoms with van der Waals surface area (Å²) in [7, 11) is 0. The summed E-state index contributed by atoms with van der Waals surface area (Å²) in [5.41, 5.74) is 5.75. The summed E-state index contributed by atoms with van der Waals surface area (Å²) in [6, 6.07) is 4.43. The molecule has 0 aliphatic carbocycles. The molecule has 1 aliphatic rings. The van der Waals surface area contributed by atoms with E-state index in [2.05, 4.69) is 11.0 Å². The Morgan fingerprint density at radius 3 is 2.69 bits per heavy atom. The van der Waals surface area contributed by atoms with E-state index in [-0.39, 0.29) is 0 Å². The molecule has 1 aliphatic heterocycles. The van der Waals surface area contributed by atoms with Gasteiger partial charge in [-0.15, -0.1) is 11.3 Å². The lowest BCUT2D eigenvalue weighted by atomic mass is 10.1. The smallest absolute Gasteiger partial charge is 0.0931 e. The van der Waals surface area contributed by atoms with Crippen molar-refractivity contribution < 1.29 is 0 Å². The molecule has 0 radical (unpaired) electrons. The minimum atomic E-state index is 0.395. The van der Waals surface area contributed by atoms with Gasteiger partial charge in [0.1, 0.15) is 0 Å². The van der Waals surface area contributed by atoms with Crippen molar-refractivity contribution in [3.8, 4) is 0 Å². The van der Waals surface area contributed by atoms with Crippen LogP contribution in [-0.2, 0) is 0 Å². The minimum Gasteiger partial charge on any atom is -0.329 e. The molecular formula is C9H13ClN2S. The average molecular weight is 217 g/mol. The third-order valence-corrected chi connectivity index (χ3v) is 3.81. The number of hydrogen-bond donors (Lipinski definition) is 1. The van der Waals surface area contributed by atoms with Crippen molar-refractivity contribution in [3.05, 3.63) is 21.3 Å². The maximum atomic E-state index is 5.89. The standard InChI is InChI=1S/C9H13ClN2S/c10-9-3-2-8(13-9)7(6-11)12-4-1-5-12/h2-3,7H,1,4-6,11H2. The van der Waals surface area contributed by atoms with Gasteiger partial charge in [-0.1, -0.05) is 11.6 Å². The molecule has 0 bridgehead atoms. The Kier molecular flexibility index (Phi) is 2.89. The number of halogens is 1. The van der Waals surface area contributed by atoms with E-state index in [4.69, 9.17) is 17.3 Å². The molecule has 1 aromatic heterocycles. The highest BCUT2D eigenvalue weighted by Gasteiger charge is 2.24. The number of rotatable bonds is 3. The fourth-order valence-electron chi connectivity index (χ4n) is 1.60. The van der Waals surface area contributed by atoms with Crippen LogP contribution in [0.1, 0.15) is 17.3 Å². The zero-order valence-electron chi connectivity index (χ0n) is 7.37. The molecule has 13 heavy (non-hydrogen) atoms. The van der Waals surface area contributed by atoms with E-state index in [1.165, 1.54) is 24.4 Å². The summed E-state index contributed by atoms with van der Waals surface area (Å²) in [5.74, 6) is 0. The zero-order chi connectivity index (χ0) is 9.26.